The van der Waals surface area contributed by atoms with E-state index in [1.54, 1.807) is 30.0 Å². The normalized spacial score (nSPS) is 10.7. The first-order valence-electron chi connectivity index (χ1n) is 9.94. The van der Waals surface area contributed by atoms with Crippen molar-refractivity contribution < 1.29 is 18.7 Å². The van der Waals surface area contributed by atoms with E-state index in [4.69, 9.17) is 16.3 Å². The number of rotatable bonds is 7. The predicted molar refractivity (Wildman–Crippen MR) is 118 cm³/mol. The molecule has 5 nitrogen and oxygen atoms in total. The fourth-order valence-electron chi connectivity index (χ4n) is 3.44. The molecule has 0 aliphatic heterocycles. The summed E-state index contributed by atoms with van der Waals surface area (Å²) in [5.74, 6) is -1.22. The van der Waals surface area contributed by atoms with Gasteiger partial charge in [-0.1, -0.05) is 29.8 Å². The van der Waals surface area contributed by atoms with E-state index < -0.39 is 11.8 Å². The number of hydrogen-bond acceptors (Lipinski definition) is 3. The maximum absolute atomic E-state index is 13.7. The summed E-state index contributed by atoms with van der Waals surface area (Å²) >= 11 is 5.98. The predicted octanol–water partition coefficient (Wildman–Crippen LogP) is 5.44. The number of benzene rings is 2. The highest BCUT2D eigenvalue weighted by atomic mass is 35.5. The van der Waals surface area contributed by atoms with Gasteiger partial charge in [-0.25, -0.2) is 9.18 Å². The molecule has 1 aromatic heterocycles. The van der Waals surface area contributed by atoms with Crippen LogP contribution < -0.4 is 0 Å². The van der Waals surface area contributed by atoms with Crippen molar-refractivity contribution in [1.82, 2.24) is 9.88 Å². The molecule has 162 valence electrons. The molecule has 0 radical (unpaired) electrons. The maximum Gasteiger partial charge on any atom is 0.355 e. The minimum absolute atomic E-state index is 0.242. The van der Waals surface area contributed by atoms with Crippen LogP contribution in [0.1, 0.15) is 50.2 Å². The summed E-state index contributed by atoms with van der Waals surface area (Å²) in [6.45, 7) is 6.22. The van der Waals surface area contributed by atoms with Crippen molar-refractivity contribution in [2.45, 2.75) is 33.9 Å². The van der Waals surface area contributed by atoms with Crippen LogP contribution in [0.5, 0.6) is 0 Å². The number of aromatic amines is 1. The van der Waals surface area contributed by atoms with Crippen LogP contribution in [0.4, 0.5) is 4.39 Å². The molecule has 7 heteroatoms. The lowest BCUT2D eigenvalue weighted by Crippen LogP contribution is -2.30. The Labute approximate surface area is 185 Å². The van der Waals surface area contributed by atoms with Gasteiger partial charge in [0, 0.05) is 29.4 Å². The van der Waals surface area contributed by atoms with Crippen molar-refractivity contribution in [3.05, 3.63) is 93.0 Å². The Morgan fingerprint density at radius 2 is 1.81 bits per heavy atom. The third kappa shape index (κ3) is 5.33. The second-order valence-corrected chi connectivity index (χ2v) is 7.68. The molecule has 0 aliphatic rings. The number of carbonyl (C=O) groups is 2. The van der Waals surface area contributed by atoms with E-state index in [0.29, 0.717) is 17.3 Å². The van der Waals surface area contributed by atoms with Crippen LogP contribution in [0.15, 0.2) is 48.5 Å². The maximum atomic E-state index is 13.7. The van der Waals surface area contributed by atoms with Crippen LogP contribution >= 0.6 is 11.6 Å². The summed E-state index contributed by atoms with van der Waals surface area (Å²) in [7, 11) is 0. The molecule has 0 saturated heterocycles. The molecule has 3 aromatic rings. The second-order valence-electron chi connectivity index (χ2n) is 7.25. The van der Waals surface area contributed by atoms with Gasteiger partial charge in [-0.15, -0.1) is 0 Å². The lowest BCUT2D eigenvalue weighted by atomic mass is 10.1. The molecule has 0 saturated carbocycles. The molecule has 0 aliphatic carbocycles. The number of nitrogens with one attached hydrogen (secondary N) is 1. The molecule has 0 unspecified atom stereocenters. The number of H-pyrrole nitrogens is 1. The molecule has 0 bridgehead atoms. The molecule has 31 heavy (non-hydrogen) atoms. The van der Waals surface area contributed by atoms with Crippen molar-refractivity contribution in [1.29, 1.82) is 0 Å². The number of esters is 1. The van der Waals surface area contributed by atoms with Crippen LogP contribution in [-0.2, 0) is 17.8 Å². The van der Waals surface area contributed by atoms with Crippen LogP contribution in [0, 0.1) is 19.7 Å². The van der Waals surface area contributed by atoms with Gasteiger partial charge in [0.1, 0.15) is 11.5 Å². The number of nitrogens with zero attached hydrogens (tertiary/aromatic N) is 1. The fraction of sp³-hybridized carbons (Fsp3) is 0.250. The smallest absolute Gasteiger partial charge is 0.355 e. The van der Waals surface area contributed by atoms with E-state index in [2.05, 4.69) is 4.98 Å². The summed E-state index contributed by atoms with van der Waals surface area (Å²) in [6, 6.07) is 12.8. The SMILES string of the molecule is CCOC(=O)c1[nH]c(C)c(CN(Cc2ccc(Cl)cc2)C(=O)c2cccc(F)c2)c1C. The number of ether oxygens (including phenoxy) is 1. The van der Waals surface area contributed by atoms with E-state index in [0.717, 1.165) is 22.4 Å². The van der Waals surface area contributed by atoms with E-state index in [9.17, 15) is 14.0 Å². The first-order valence-corrected chi connectivity index (χ1v) is 10.3. The van der Waals surface area contributed by atoms with Crippen molar-refractivity contribution in [2.75, 3.05) is 6.61 Å². The number of hydrogen-bond donors (Lipinski definition) is 1. The van der Waals surface area contributed by atoms with Gasteiger partial charge in [-0.2, -0.15) is 0 Å². The Balaban J connectivity index is 1.96. The van der Waals surface area contributed by atoms with Gasteiger partial charge < -0.3 is 14.6 Å². The highest BCUT2D eigenvalue weighted by Gasteiger charge is 2.23. The first kappa shape index (κ1) is 22.6. The summed E-state index contributed by atoms with van der Waals surface area (Å²) in [4.78, 5) is 30.2. The van der Waals surface area contributed by atoms with Gasteiger partial charge in [0.15, 0.2) is 0 Å². The number of carbonyl (C=O) groups excluding carboxylic acids is 2. The Morgan fingerprint density at radius 3 is 2.45 bits per heavy atom. The van der Waals surface area contributed by atoms with Gasteiger partial charge in [0.05, 0.1) is 6.61 Å². The average Bonchev–Trinajstić information content (AvgIpc) is 3.02. The van der Waals surface area contributed by atoms with Gasteiger partial charge in [-0.05, 0) is 67.8 Å². The first-order chi connectivity index (χ1) is 14.8. The molecule has 1 N–H and O–H groups in total. The zero-order chi connectivity index (χ0) is 22.5. The molecule has 0 atom stereocenters. The number of aryl methyl sites for hydroxylation is 1. The Morgan fingerprint density at radius 1 is 1.10 bits per heavy atom. The molecule has 3 rings (SSSR count). The third-order valence-corrected chi connectivity index (χ3v) is 5.32. The lowest BCUT2D eigenvalue weighted by Gasteiger charge is -2.24. The minimum atomic E-state index is -0.476. The molecular weight excluding hydrogens is 419 g/mol. The quantitative estimate of drug-likeness (QED) is 0.495. The Kier molecular flexibility index (Phi) is 7.13. The highest BCUT2D eigenvalue weighted by Crippen LogP contribution is 2.23. The second kappa shape index (κ2) is 9.79. The molecule has 1 heterocycles. The van der Waals surface area contributed by atoms with Gasteiger partial charge in [0.2, 0.25) is 0 Å². The zero-order valence-corrected chi connectivity index (χ0v) is 18.4. The largest absolute Gasteiger partial charge is 0.461 e. The van der Waals surface area contributed by atoms with Gasteiger partial charge >= 0.3 is 5.97 Å². The van der Waals surface area contributed by atoms with E-state index in [1.165, 1.54) is 18.2 Å². The third-order valence-electron chi connectivity index (χ3n) is 5.07. The van der Waals surface area contributed by atoms with Gasteiger partial charge in [0.25, 0.3) is 5.91 Å². The Bertz CT molecular complexity index is 1090. The van der Waals surface area contributed by atoms with Crippen LogP contribution in [0.3, 0.4) is 0 Å². The van der Waals surface area contributed by atoms with E-state index in [1.807, 2.05) is 26.0 Å². The van der Waals surface area contributed by atoms with Crippen molar-refractivity contribution in [3.8, 4) is 0 Å². The number of halogens is 2. The lowest BCUT2D eigenvalue weighted by molar-refractivity contribution is 0.0519. The fourth-order valence-corrected chi connectivity index (χ4v) is 3.56. The van der Waals surface area contributed by atoms with E-state index in [-0.39, 0.29) is 24.6 Å². The van der Waals surface area contributed by atoms with Crippen molar-refractivity contribution in [2.24, 2.45) is 0 Å². The molecular formula is C24H24ClFN2O3. The minimum Gasteiger partial charge on any atom is -0.461 e. The number of aromatic nitrogens is 1. The number of amides is 1. The summed E-state index contributed by atoms with van der Waals surface area (Å²) < 4.78 is 18.9. The molecule has 1 amide bonds. The monoisotopic (exact) mass is 442 g/mol. The molecule has 0 spiro atoms. The van der Waals surface area contributed by atoms with Gasteiger partial charge in [-0.3, -0.25) is 4.79 Å². The highest BCUT2D eigenvalue weighted by molar-refractivity contribution is 6.30. The van der Waals surface area contributed by atoms with E-state index >= 15 is 0 Å². The average molecular weight is 443 g/mol. The summed E-state index contributed by atoms with van der Waals surface area (Å²) in [6.07, 6.45) is 0. The molecule has 2 aromatic carbocycles. The zero-order valence-electron chi connectivity index (χ0n) is 17.7. The Hall–Kier alpha value is -3.12. The van der Waals surface area contributed by atoms with Crippen LogP contribution in [0.2, 0.25) is 5.02 Å². The van der Waals surface area contributed by atoms with Crippen LogP contribution in [-0.4, -0.2) is 28.4 Å². The molecule has 0 fully saturated rings. The van der Waals surface area contributed by atoms with Crippen molar-refractivity contribution >= 4 is 23.5 Å². The van der Waals surface area contributed by atoms with Crippen LogP contribution in [0.25, 0.3) is 0 Å². The standard InChI is InChI=1S/C24H24ClFN2O3/c1-4-31-24(30)22-15(2)21(16(3)27-22)14-28(13-17-8-10-19(25)11-9-17)23(29)18-6-5-7-20(26)12-18/h5-12,27H,4,13-14H2,1-3H3. The topological polar surface area (TPSA) is 62.4 Å². The summed E-state index contributed by atoms with van der Waals surface area (Å²) in [5, 5.41) is 0.600. The summed E-state index contributed by atoms with van der Waals surface area (Å²) in [5.41, 5.74) is 3.83. The van der Waals surface area contributed by atoms with Crippen molar-refractivity contribution in [3.63, 3.8) is 0 Å².